The number of hydrogen-bond acceptors (Lipinski definition) is 3. The van der Waals surface area contributed by atoms with E-state index in [1.807, 2.05) is 0 Å². The van der Waals surface area contributed by atoms with E-state index in [-0.39, 0.29) is 12.1 Å². The number of alkyl halides is 3. The molecule has 0 amide bonds. The van der Waals surface area contributed by atoms with E-state index >= 15 is 0 Å². The predicted molar refractivity (Wildman–Crippen MR) is 92.4 cm³/mol. The van der Waals surface area contributed by atoms with Gasteiger partial charge in [0, 0.05) is 13.7 Å². The summed E-state index contributed by atoms with van der Waals surface area (Å²) in [4.78, 5) is 4.32. The fraction of sp³-hybridized carbons (Fsp3) is 0.278. The summed E-state index contributed by atoms with van der Waals surface area (Å²) in [7, 11) is 1.56. The molecule has 3 rings (SSSR count). The van der Waals surface area contributed by atoms with Gasteiger partial charge in [-0.25, -0.2) is 4.98 Å². The first-order chi connectivity index (χ1) is 12.4. The van der Waals surface area contributed by atoms with Crippen LogP contribution in [0.1, 0.15) is 11.4 Å². The fourth-order valence-corrected chi connectivity index (χ4v) is 2.79. The van der Waals surface area contributed by atoms with Gasteiger partial charge >= 0.3 is 6.18 Å². The van der Waals surface area contributed by atoms with Gasteiger partial charge < -0.3 is 14.0 Å². The number of ether oxygens (including phenoxy) is 2. The molecule has 2 aromatic carbocycles. The minimum absolute atomic E-state index is 0.0729. The Morgan fingerprint density at radius 2 is 1.92 bits per heavy atom. The number of aromatic nitrogens is 2. The van der Waals surface area contributed by atoms with Crippen molar-refractivity contribution >= 4 is 22.6 Å². The van der Waals surface area contributed by atoms with Crippen LogP contribution in [0.3, 0.4) is 0 Å². The SMILES string of the molecule is COCCn1c(COc2ccccc2Cl)nc2cc(C(F)(F)F)ccc21. The standard InChI is InChI=1S/C18H16ClF3N2O2/c1-25-9-8-24-15-7-6-12(18(20,21)22)10-14(15)23-17(24)11-26-16-5-3-2-4-13(16)19/h2-7,10H,8-9,11H2,1H3. The van der Waals surface area contributed by atoms with Crippen LogP contribution in [0.15, 0.2) is 42.5 Å². The summed E-state index contributed by atoms with van der Waals surface area (Å²) < 4.78 is 51.4. The van der Waals surface area contributed by atoms with E-state index in [0.717, 1.165) is 12.1 Å². The van der Waals surface area contributed by atoms with Crippen LogP contribution >= 0.6 is 11.6 Å². The van der Waals surface area contributed by atoms with Crippen LogP contribution in [-0.2, 0) is 24.1 Å². The van der Waals surface area contributed by atoms with Crippen LogP contribution in [0.5, 0.6) is 5.75 Å². The highest BCUT2D eigenvalue weighted by Crippen LogP contribution is 2.32. The number of methoxy groups -OCH3 is 1. The van der Waals surface area contributed by atoms with Gasteiger partial charge in [0.1, 0.15) is 18.2 Å². The molecule has 0 saturated heterocycles. The van der Waals surface area contributed by atoms with E-state index < -0.39 is 11.7 Å². The number of benzene rings is 2. The van der Waals surface area contributed by atoms with Gasteiger partial charge in [0.15, 0.2) is 0 Å². The number of para-hydroxylation sites is 1. The van der Waals surface area contributed by atoms with Crippen molar-refractivity contribution in [2.75, 3.05) is 13.7 Å². The average Bonchev–Trinajstić information content (AvgIpc) is 2.95. The second-order valence-electron chi connectivity index (χ2n) is 5.59. The van der Waals surface area contributed by atoms with Crippen LogP contribution in [-0.4, -0.2) is 23.3 Å². The summed E-state index contributed by atoms with van der Waals surface area (Å²) in [6.07, 6.45) is -4.42. The van der Waals surface area contributed by atoms with Crippen LogP contribution in [0.4, 0.5) is 13.2 Å². The number of rotatable bonds is 6. The maximum atomic E-state index is 12.9. The molecule has 0 N–H and O–H groups in total. The van der Waals surface area contributed by atoms with Crippen LogP contribution in [0.2, 0.25) is 5.02 Å². The van der Waals surface area contributed by atoms with E-state index in [1.54, 1.807) is 35.9 Å². The first-order valence-corrected chi connectivity index (χ1v) is 8.20. The van der Waals surface area contributed by atoms with Gasteiger partial charge in [-0.3, -0.25) is 0 Å². The molecule has 4 nitrogen and oxygen atoms in total. The molecule has 0 unspecified atom stereocenters. The third-order valence-electron chi connectivity index (χ3n) is 3.87. The molecule has 0 aliphatic carbocycles. The Morgan fingerprint density at radius 3 is 2.62 bits per heavy atom. The lowest BCUT2D eigenvalue weighted by Gasteiger charge is -2.11. The number of halogens is 4. The number of fused-ring (bicyclic) bond motifs is 1. The minimum atomic E-state index is -4.42. The van der Waals surface area contributed by atoms with Gasteiger partial charge in [-0.1, -0.05) is 23.7 Å². The Bertz CT molecular complexity index is 909. The summed E-state index contributed by atoms with van der Waals surface area (Å²) in [6.45, 7) is 0.911. The summed E-state index contributed by atoms with van der Waals surface area (Å²) in [5, 5.41) is 0.450. The van der Waals surface area contributed by atoms with E-state index in [9.17, 15) is 13.2 Å². The molecule has 0 fully saturated rings. The van der Waals surface area contributed by atoms with Gasteiger partial charge in [0.25, 0.3) is 0 Å². The molecule has 0 atom stereocenters. The summed E-state index contributed by atoms with van der Waals surface area (Å²) >= 11 is 6.07. The van der Waals surface area contributed by atoms with Crippen molar-refractivity contribution < 1.29 is 22.6 Å². The zero-order valence-electron chi connectivity index (χ0n) is 13.9. The molecular weight excluding hydrogens is 369 g/mol. The second-order valence-corrected chi connectivity index (χ2v) is 6.00. The maximum absolute atomic E-state index is 12.9. The van der Waals surface area contributed by atoms with Crippen molar-refractivity contribution in [3.05, 3.63) is 58.9 Å². The average molecular weight is 385 g/mol. The lowest BCUT2D eigenvalue weighted by atomic mass is 10.2. The Kier molecular flexibility index (Phi) is 5.38. The molecule has 138 valence electrons. The summed E-state index contributed by atoms with van der Waals surface area (Å²) in [6, 6.07) is 10.5. The van der Waals surface area contributed by atoms with E-state index in [1.165, 1.54) is 6.07 Å². The number of nitrogens with zero attached hydrogens (tertiary/aromatic N) is 2. The topological polar surface area (TPSA) is 36.3 Å². The highest BCUT2D eigenvalue weighted by Gasteiger charge is 2.31. The quantitative estimate of drug-likeness (QED) is 0.604. The lowest BCUT2D eigenvalue weighted by molar-refractivity contribution is -0.137. The van der Waals surface area contributed by atoms with Crippen molar-refractivity contribution in [3.63, 3.8) is 0 Å². The van der Waals surface area contributed by atoms with Crippen molar-refractivity contribution in [2.45, 2.75) is 19.3 Å². The monoisotopic (exact) mass is 384 g/mol. The Labute approximate surface area is 153 Å². The molecule has 0 aliphatic heterocycles. The first kappa shape index (κ1) is 18.5. The lowest BCUT2D eigenvalue weighted by Crippen LogP contribution is -2.11. The van der Waals surface area contributed by atoms with Crippen molar-refractivity contribution in [2.24, 2.45) is 0 Å². The third-order valence-corrected chi connectivity index (χ3v) is 4.18. The molecule has 0 spiro atoms. The molecule has 26 heavy (non-hydrogen) atoms. The fourth-order valence-electron chi connectivity index (χ4n) is 2.60. The summed E-state index contributed by atoms with van der Waals surface area (Å²) in [5.41, 5.74) is 0.112. The maximum Gasteiger partial charge on any atom is 0.416 e. The first-order valence-electron chi connectivity index (χ1n) is 7.83. The molecule has 0 radical (unpaired) electrons. The van der Waals surface area contributed by atoms with Gasteiger partial charge in [-0.15, -0.1) is 0 Å². The smallest absolute Gasteiger partial charge is 0.416 e. The molecule has 1 aromatic heterocycles. The highest BCUT2D eigenvalue weighted by atomic mass is 35.5. The molecule has 1 heterocycles. The van der Waals surface area contributed by atoms with E-state index in [0.29, 0.717) is 35.3 Å². The van der Waals surface area contributed by atoms with E-state index in [2.05, 4.69) is 4.98 Å². The molecule has 0 aliphatic rings. The predicted octanol–water partition coefficient (Wildman–Crippen LogP) is 4.93. The Balaban J connectivity index is 1.95. The zero-order valence-corrected chi connectivity index (χ0v) is 14.6. The van der Waals surface area contributed by atoms with Gasteiger partial charge in [0.05, 0.1) is 28.2 Å². The van der Waals surface area contributed by atoms with Gasteiger partial charge in [-0.05, 0) is 30.3 Å². The van der Waals surface area contributed by atoms with E-state index in [4.69, 9.17) is 21.1 Å². The highest BCUT2D eigenvalue weighted by molar-refractivity contribution is 6.32. The third kappa shape index (κ3) is 3.94. The molecule has 3 aromatic rings. The second kappa shape index (κ2) is 7.55. The Morgan fingerprint density at radius 1 is 1.15 bits per heavy atom. The largest absolute Gasteiger partial charge is 0.484 e. The zero-order chi connectivity index (χ0) is 18.7. The molecular formula is C18H16ClF3N2O2. The van der Waals surface area contributed by atoms with Crippen molar-refractivity contribution in [3.8, 4) is 5.75 Å². The number of hydrogen-bond donors (Lipinski definition) is 0. The van der Waals surface area contributed by atoms with Crippen molar-refractivity contribution in [1.29, 1.82) is 0 Å². The molecule has 8 heteroatoms. The van der Waals surface area contributed by atoms with Crippen LogP contribution < -0.4 is 4.74 Å². The van der Waals surface area contributed by atoms with Crippen molar-refractivity contribution in [1.82, 2.24) is 9.55 Å². The Hall–Kier alpha value is -2.25. The normalized spacial score (nSPS) is 11.9. The minimum Gasteiger partial charge on any atom is -0.484 e. The molecule has 0 bridgehead atoms. The van der Waals surface area contributed by atoms with Gasteiger partial charge in [-0.2, -0.15) is 13.2 Å². The van der Waals surface area contributed by atoms with Gasteiger partial charge in [0.2, 0.25) is 0 Å². The van der Waals surface area contributed by atoms with Crippen LogP contribution in [0, 0.1) is 0 Å². The summed E-state index contributed by atoms with van der Waals surface area (Å²) in [5.74, 6) is 0.979. The molecule has 0 saturated carbocycles. The van der Waals surface area contributed by atoms with Crippen LogP contribution in [0.25, 0.3) is 11.0 Å². The number of imidazole rings is 1.